The predicted molar refractivity (Wildman–Crippen MR) is 102 cm³/mol. The van der Waals surface area contributed by atoms with E-state index < -0.39 is 9.85 Å². The SMILES string of the molecule is O=[N+]([O-])c1ccc(NN=C2CN3CCN(C2)c2ccccc23)c([N+](=O)[O-])c1. The van der Waals surface area contributed by atoms with E-state index >= 15 is 0 Å². The topological polar surface area (TPSA) is 117 Å². The molecule has 2 aromatic rings. The van der Waals surface area contributed by atoms with Crippen LogP contribution in [0.15, 0.2) is 47.6 Å². The fraction of sp³-hybridized carbons (Fsp3) is 0.235. The highest BCUT2D eigenvalue weighted by atomic mass is 16.6. The van der Waals surface area contributed by atoms with Crippen molar-refractivity contribution < 1.29 is 9.85 Å². The number of non-ortho nitro benzene ring substituents is 1. The van der Waals surface area contributed by atoms with Crippen LogP contribution in [0.4, 0.5) is 28.4 Å². The zero-order valence-corrected chi connectivity index (χ0v) is 14.2. The van der Waals surface area contributed by atoms with Gasteiger partial charge in [0.25, 0.3) is 5.69 Å². The van der Waals surface area contributed by atoms with Crippen molar-refractivity contribution in [2.75, 3.05) is 41.4 Å². The zero-order valence-electron chi connectivity index (χ0n) is 14.2. The molecule has 0 radical (unpaired) electrons. The van der Waals surface area contributed by atoms with Crippen molar-refractivity contribution in [3.63, 3.8) is 0 Å². The Morgan fingerprint density at radius 2 is 1.56 bits per heavy atom. The Morgan fingerprint density at radius 3 is 2.11 bits per heavy atom. The molecule has 2 bridgehead atoms. The molecule has 1 N–H and O–H groups in total. The minimum Gasteiger partial charge on any atom is -0.362 e. The average Bonchev–Trinajstić information content (AvgIpc) is 2.97. The van der Waals surface area contributed by atoms with Gasteiger partial charge in [-0.2, -0.15) is 5.10 Å². The lowest BCUT2D eigenvalue weighted by Gasteiger charge is -2.33. The predicted octanol–water partition coefficient (Wildman–Crippen LogP) is 2.61. The fourth-order valence-corrected chi connectivity index (χ4v) is 3.39. The minimum absolute atomic E-state index is 0.122. The minimum atomic E-state index is -0.663. The molecule has 0 atom stereocenters. The molecule has 3 aliphatic heterocycles. The highest BCUT2D eigenvalue weighted by Crippen LogP contribution is 2.35. The van der Waals surface area contributed by atoms with E-state index in [1.807, 2.05) is 12.1 Å². The van der Waals surface area contributed by atoms with Gasteiger partial charge in [0.1, 0.15) is 5.69 Å². The first-order valence-electron chi connectivity index (χ1n) is 8.36. The van der Waals surface area contributed by atoms with Crippen LogP contribution in [0, 0.1) is 20.2 Å². The Morgan fingerprint density at radius 1 is 0.926 bits per heavy atom. The second-order valence-electron chi connectivity index (χ2n) is 6.34. The van der Waals surface area contributed by atoms with Crippen LogP contribution in [0.1, 0.15) is 0 Å². The lowest BCUT2D eigenvalue weighted by Crippen LogP contribution is -2.36. The Hall–Kier alpha value is -3.69. The molecule has 10 heteroatoms. The van der Waals surface area contributed by atoms with E-state index in [4.69, 9.17) is 0 Å². The molecule has 3 heterocycles. The number of rotatable bonds is 4. The van der Waals surface area contributed by atoms with Crippen LogP contribution in [0.3, 0.4) is 0 Å². The number of anilines is 3. The van der Waals surface area contributed by atoms with Crippen molar-refractivity contribution >= 4 is 34.1 Å². The van der Waals surface area contributed by atoms with Crippen molar-refractivity contribution in [1.82, 2.24) is 0 Å². The van der Waals surface area contributed by atoms with Gasteiger partial charge in [-0.25, -0.2) is 0 Å². The molecule has 1 saturated heterocycles. The summed E-state index contributed by atoms with van der Waals surface area (Å²) in [5.74, 6) is 0. The normalized spacial score (nSPS) is 15.2. The van der Waals surface area contributed by atoms with Crippen LogP contribution in [0.25, 0.3) is 0 Å². The molecular formula is C17H16N6O4. The third-order valence-electron chi connectivity index (χ3n) is 4.67. The number of para-hydroxylation sites is 2. The van der Waals surface area contributed by atoms with Gasteiger partial charge in [-0.1, -0.05) is 12.1 Å². The van der Waals surface area contributed by atoms with Gasteiger partial charge in [-0.3, -0.25) is 25.7 Å². The molecular weight excluding hydrogens is 352 g/mol. The van der Waals surface area contributed by atoms with Gasteiger partial charge in [0.05, 0.1) is 46.1 Å². The summed E-state index contributed by atoms with van der Waals surface area (Å²) in [5, 5.41) is 26.4. The summed E-state index contributed by atoms with van der Waals surface area (Å²) in [4.78, 5) is 25.2. The number of nitrogens with one attached hydrogen (secondary N) is 1. The van der Waals surface area contributed by atoms with Gasteiger partial charge in [-0.15, -0.1) is 0 Å². The fourth-order valence-electron chi connectivity index (χ4n) is 3.39. The average molecular weight is 368 g/mol. The maximum Gasteiger partial charge on any atom is 0.301 e. The van der Waals surface area contributed by atoms with Crippen LogP contribution in [0.5, 0.6) is 0 Å². The molecule has 0 saturated carbocycles. The molecule has 0 unspecified atom stereocenters. The molecule has 10 nitrogen and oxygen atoms in total. The molecule has 5 rings (SSSR count). The van der Waals surface area contributed by atoms with Gasteiger partial charge in [0.2, 0.25) is 0 Å². The quantitative estimate of drug-likeness (QED) is 0.651. The Bertz CT molecular complexity index is 925. The molecule has 0 aliphatic carbocycles. The summed E-state index contributed by atoms with van der Waals surface area (Å²) in [7, 11) is 0. The molecule has 0 amide bonds. The molecule has 1 fully saturated rings. The summed E-state index contributed by atoms with van der Waals surface area (Å²) in [6.07, 6.45) is 0. The monoisotopic (exact) mass is 368 g/mol. The van der Waals surface area contributed by atoms with Crippen molar-refractivity contribution in [1.29, 1.82) is 0 Å². The summed E-state index contributed by atoms with van der Waals surface area (Å²) in [5.41, 5.74) is 5.26. The van der Waals surface area contributed by atoms with Crippen LogP contribution >= 0.6 is 0 Å². The van der Waals surface area contributed by atoms with E-state index in [-0.39, 0.29) is 17.1 Å². The molecule has 0 spiro atoms. The molecule has 0 aromatic heterocycles. The molecule has 138 valence electrons. The van der Waals surface area contributed by atoms with E-state index in [0.29, 0.717) is 13.1 Å². The Labute approximate surface area is 154 Å². The molecule has 2 aromatic carbocycles. The highest BCUT2D eigenvalue weighted by molar-refractivity contribution is 5.97. The Kier molecular flexibility index (Phi) is 4.07. The van der Waals surface area contributed by atoms with E-state index in [1.54, 1.807) is 0 Å². The number of fused-ring (bicyclic) bond motifs is 3. The smallest absolute Gasteiger partial charge is 0.301 e. The van der Waals surface area contributed by atoms with Crippen LogP contribution in [0.2, 0.25) is 0 Å². The van der Waals surface area contributed by atoms with Crippen LogP contribution < -0.4 is 15.2 Å². The molecule has 3 aliphatic rings. The van der Waals surface area contributed by atoms with E-state index in [2.05, 4.69) is 32.5 Å². The number of hydrogen-bond donors (Lipinski definition) is 1. The third-order valence-corrected chi connectivity index (χ3v) is 4.67. The number of nitro groups is 2. The summed E-state index contributed by atoms with van der Waals surface area (Å²) < 4.78 is 0. The largest absolute Gasteiger partial charge is 0.362 e. The summed E-state index contributed by atoms with van der Waals surface area (Å²) >= 11 is 0. The zero-order chi connectivity index (χ0) is 19.0. The first kappa shape index (κ1) is 16.8. The summed E-state index contributed by atoms with van der Waals surface area (Å²) in [6.45, 7) is 2.99. The maximum absolute atomic E-state index is 11.2. The second kappa shape index (κ2) is 6.56. The van der Waals surface area contributed by atoms with Gasteiger partial charge in [0, 0.05) is 19.2 Å². The van der Waals surface area contributed by atoms with Crippen molar-refractivity contribution in [3.05, 3.63) is 62.7 Å². The number of benzene rings is 2. The van der Waals surface area contributed by atoms with Crippen LogP contribution in [-0.4, -0.2) is 41.7 Å². The van der Waals surface area contributed by atoms with Crippen molar-refractivity contribution in [3.8, 4) is 0 Å². The van der Waals surface area contributed by atoms with Crippen molar-refractivity contribution in [2.45, 2.75) is 0 Å². The van der Waals surface area contributed by atoms with Gasteiger partial charge >= 0.3 is 5.69 Å². The number of hydrazone groups is 1. The van der Waals surface area contributed by atoms with Gasteiger partial charge in [-0.05, 0) is 18.2 Å². The number of nitro benzene ring substituents is 2. The van der Waals surface area contributed by atoms with Crippen molar-refractivity contribution in [2.24, 2.45) is 5.10 Å². The first-order chi connectivity index (χ1) is 13.0. The summed E-state index contributed by atoms with van der Waals surface area (Å²) in [6, 6.07) is 11.6. The maximum atomic E-state index is 11.2. The van der Waals surface area contributed by atoms with Crippen LogP contribution in [-0.2, 0) is 0 Å². The lowest BCUT2D eigenvalue weighted by molar-refractivity contribution is -0.393. The van der Waals surface area contributed by atoms with Gasteiger partial charge in [0.15, 0.2) is 0 Å². The molecule has 27 heavy (non-hydrogen) atoms. The standard InChI is InChI=1S/C17H16N6O4/c24-22(25)13-5-6-14(17(9-13)23(26)27)19-18-12-10-20-7-8-21(11-12)16-4-2-1-3-15(16)20/h1-6,9,19H,7-8,10-11H2. The van der Waals surface area contributed by atoms with Gasteiger partial charge < -0.3 is 9.80 Å². The van der Waals surface area contributed by atoms with E-state index in [0.717, 1.165) is 36.2 Å². The third kappa shape index (κ3) is 3.12. The highest BCUT2D eigenvalue weighted by Gasteiger charge is 2.28. The first-order valence-corrected chi connectivity index (χ1v) is 8.36. The number of nitrogens with zero attached hydrogens (tertiary/aromatic N) is 5. The van der Waals surface area contributed by atoms with E-state index in [9.17, 15) is 20.2 Å². The second-order valence-corrected chi connectivity index (χ2v) is 6.34. The van der Waals surface area contributed by atoms with E-state index in [1.165, 1.54) is 12.1 Å². The Balaban J connectivity index is 1.60. The number of hydrogen-bond acceptors (Lipinski definition) is 8. The lowest BCUT2D eigenvalue weighted by atomic mass is 10.2.